The summed E-state index contributed by atoms with van der Waals surface area (Å²) in [6.07, 6.45) is 7.43. The molecule has 1 amide bonds. The van der Waals surface area contributed by atoms with Crippen LogP contribution in [0.2, 0.25) is 0 Å². The highest BCUT2D eigenvalue weighted by atomic mass is 35.5. The highest BCUT2D eigenvalue weighted by Crippen LogP contribution is 2.04. The van der Waals surface area contributed by atoms with Gasteiger partial charge in [-0.25, -0.2) is 4.98 Å². The van der Waals surface area contributed by atoms with Crippen molar-refractivity contribution in [3.63, 3.8) is 0 Å². The van der Waals surface area contributed by atoms with E-state index in [4.69, 9.17) is 0 Å². The number of aromatic nitrogens is 2. The van der Waals surface area contributed by atoms with Gasteiger partial charge in [-0.3, -0.25) is 4.79 Å². The first kappa shape index (κ1) is 16.2. The van der Waals surface area contributed by atoms with Crippen molar-refractivity contribution >= 4 is 30.7 Å². The number of nitrogens with one attached hydrogen (secondary N) is 2. The molecule has 1 aliphatic heterocycles. The maximum Gasteiger partial charge on any atom is 0.237 e. The Hall–Kier alpha value is -0.780. The van der Waals surface area contributed by atoms with Crippen molar-refractivity contribution in [2.24, 2.45) is 0 Å². The number of carbonyl (C=O) groups is 1. The predicted octanol–water partition coefficient (Wildman–Crippen LogP) is 0.595. The molecule has 2 N–H and O–H groups in total. The standard InChI is InChI=1S/C10H16N4O.2ClH/c15-10(9-2-1-3-12-9)13-5-7-14-6-4-11-8-14;;/h4,6,8-9,12H,1-3,5,7H2,(H,13,15);2*1H. The Morgan fingerprint density at radius 1 is 1.53 bits per heavy atom. The van der Waals surface area contributed by atoms with Gasteiger partial charge in [-0.1, -0.05) is 0 Å². The van der Waals surface area contributed by atoms with Gasteiger partial charge in [-0.05, 0) is 19.4 Å². The summed E-state index contributed by atoms with van der Waals surface area (Å²) in [7, 11) is 0. The van der Waals surface area contributed by atoms with Crippen molar-refractivity contribution in [1.82, 2.24) is 20.2 Å². The van der Waals surface area contributed by atoms with E-state index in [-0.39, 0.29) is 36.8 Å². The molecular formula is C10H18Cl2N4O. The summed E-state index contributed by atoms with van der Waals surface area (Å²) in [4.78, 5) is 15.5. The lowest BCUT2D eigenvalue weighted by molar-refractivity contribution is -0.122. The van der Waals surface area contributed by atoms with Crippen LogP contribution in [0.4, 0.5) is 0 Å². The third-order valence-corrected chi connectivity index (χ3v) is 2.61. The van der Waals surface area contributed by atoms with E-state index in [2.05, 4.69) is 15.6 Å². The zero-order chi connectivity index (χ0) is 10.5. The highest BCUT2D eigenvalue weighted by molar-refractivity contribution is 5.85. The van der Waals surface area contributed by atoms with Gasteiger partial charge < -0.3 is 15.2 Å². The van der Waals surface area contributed by atoms with Gasteiger partial charge in [-0.2, -0.15) is 0 Å². The second-order valence-corrected chi connectivity index (χ2v) is 3.74. The molecule has 0 bridgehead atoms. The Kier molecular flexibility index (Phi) is 7.95. The summed E-state index contributed by atoms with van der Waals surface area (Å²) in [6.45, 7) is 2.39. The molecule has 98 valence electrons. The van der Waals surface area contributed by atoms with Crippen molar-refractivity contribution in [1.29, 1.82) is 0 Å². The molecule has 1 aliphatic rings. The minimum absolute atomic E-state index is 0. The van der Waals surface area contributed by atoms with Crippen LogP contribution in [0.15, 0.2) is 18.7 Å². The largest absolute Gasteiger partial charge is 0.353 e. The van der Waals surface area contributed by atoms with Crippen LogP contribution >= 0.6 is 24.8 Å². The Morgan fingerprint density at radius 2 is 2.35 bits per heavy atom. The maximum absolute atomic E-state index is 11.6. The minimum atomic E-state index is 0. The van der Waals surface area contributed by atoms with Gasteiger partial charge in [0.25, 0.3) is 0 Å². The zero-order valence-electron chi connectivity index (χ0n) is 9.46. The quantitative estimate of drug-likeness (QED) is 0.849. The van der Waals surface area contributed by atoms with Gasteiger partial charge in [0, 0.05) is 25.5 Å². The predicted molar refractivity (Wildman–Crippen MR) is 70.8 cm³/mol. The fraction of sp³-hybridized carbons (Fsp3) is 0.600. The van der Waals surface area contributed by atoms with Crippen molar-refractivity contribution < 1.29 is 4.79 Å². The van der Waals surface area contributed by atoms with Crippen molar-refractivity contribution in [2.75, 3.05) is 13.1 Å². The van der Waals surface area contributed by atoms with E-state index in [0.717, 1.165) is 25.9 Å². The van der Waals surface area contributed by atoms with Gasteiger partial charge in [0.1, 0.15) is 0 Å². The Balaban J connectivity index is 0.00000128. The third-order valence-electron chi connectivity index (χ3n) is 2.61. The molecule has 1 aromatic heterocycles. The summed E-state index contributed by atoms with van der Waals surface area (Å²) in [5, 5.41) is 6.08. The SMILES string of the molecule is Cl.Cl.O=C(NCCn1ccnc1)C1CCCN1. The van der Waals surface area contributed by atoms with Crippen LogP contribution in [0.1, 0.15) is 12.8 Å². The van der Waals surface area contributed by atoms with E-state index in [9.17, 15) is 4.79 Å². The summed E-state index contributed by atoms with van der Waals surface area (Å²) in [5.74, 6) is 0.118. The van der Waals surface area contributed by atoms with Crippen LogP contribution in [0.5, 0.6) is 0 Å². The molecule has 1 fully saturated rings. The maximum atomic E-state index is 11.6. The molecule has 17 heavy (non-hydrogen) atoms. The number of hydrogen-bond donors (Lipinski definition) is 2. The van der Waals surface area contributed by atoms with E-state index >= 15 is 0 Å². The number of imidazole rings is 1. The fourth-order valence-corrected chi connectivity index (χ4v) is 1.76. The molecule has 1 unspecified atom stereocenters. The molecular weight excluding hydrogens is 263 g/mol. The molecule has 1 atom stereocenters. The Labute approximate surface area is 113 Å². The van der Waals surface area contributed by atoms with Crippen LogP contribution in [0.3, 0.4) is 0 Å². The molecule has 0 saturated carbocycles. The minimum Gasteiger partial charge on any atom is -0.353 e. The van der Waals surface area contributed by atoms with Gasteiger partial charge in [0.05, 0.1) is 12.4 Å². The van der Waals surface area contributed by atoms with Crippen molar-refractivity contribution in [2.45, 2.75) is 25.4 Å². The Bertz CT molecular complexity index is 312. The van der Waals surface area contributed by atoms with E-state index < -0.39 is 0 Å². The van der Waals surface area contributed by atoms with Crippen LogP contribution in [0.25, 0.3) is 0 Å². The number of rotatable bonds is 4. The molecule has 0 spiro atoms. The number of hydrogen-bond acceptors (Lipinski definition) is 3. The molecule has 1 saturated heterocycles. The highest BCUT2D eigenvalue weighted by Gasteiger charge is 2.20. The van der Waals surface area contributed by atoms with Crippen LogP contribution in [-0.2, 0) is 11.3 Å². The van der Waals surface area contributed by atoms with Crippen molar-refractivity contribution in [3.05, 3.63) is 18.7 Å². The lowest BCUT2D eigenvalue weighted by atomic mass is 10.2. The molecule has 0 aliphatic carbocycles. The lowest BCUT2D eigenvalue weighted by Gasteiger charge is -2.10. The van der Waals surface area contributed by atoms with Crippen LogP contribution in [-0.4, -0.2) is 34.6 Å². The molecule has 0 aromatic carbocycles. The molecule has 0 radical (unpaired) electrons. The van der Waals surface area contributed by atoms with E-state index in [0.29, 0.717) is 6.54 Å². The number of nitrogens with zero attached hydrogens (tertiary/aromatic N) is 2. The number of carbonyl (C=O) groups excluding carboxylic acids is 1. The molecule has 5 nitrogen and oxygen atoms in total. The zero-order valence-corrected chi connectivity index (χ0v) is 11.1. The Morgan fingerprint density at radius 3 is 2.94 bits per heavy atom. The first-order valence-corrected chi connectivity index (χ1v) is 5.33. The molecule has 7 heteroatoms. The lowest BCUT2D eigenvalue weighted by Crippen LogP contribution is -2.41. The van der Waals surface area contributed by atoms with Gasteiger partial charge in [0.15, 0.2) is 0 Å². The first-order chi connectivity index (χ1) is 7.36. The van der Waals surface area contributed by atoms with Crippen LogP contribution < -0.4 is 10.6 Å². The summed E-state index contributed by atoms with van der Waals surface area (Å²) in [5.41, 5.74) is 0. The average Bonchev–Trinajstić information content (AvgIpc) is 2.90. The number of amides is 1. The third kappa shape index (κ3) is 4.93. The molecule has 1 aromatic rings. The van der Waals surface area contributed by atoms with Gasteiger partial charge >= 0.3 is 0 Å². The second-order valence-electron chi connectivity index (χ2n) is 3.74. The molecule has 2 heterocycles. The van der Waals surface area contributed by atoms with Gasteiger partial charge in [0.2, 0.25) is 5.91 Å². The average molecular weight is 281 g/mol. The van der Waals surface area contributed by atoms with E-state index in [1.165, 1.54) is 0 Å². The fourth-order valence-electron chi connectivity index (χ4n) is 1.76. The summed E-state index contributed by atoms with van der Waals surface area (Å²) >= 11 is 0. The summed E-state index contributed by atoms with van der Waals surface area (Å²) < 4.78 is 1.95. The van der Waals surface area contributed by atoms with Crippen molar-refractivity contribution in [3.8, 4) is 0 Å². The monoisotopic (exact) mass is 280 g/mol. The number of halogens is 2. The van der Waals surface area contributed by atoms with E-state index in [1.807, 2.05) is 10.8 Å². The van der Waals surface area contributed by atoms with Gasteiger partial charge in [-0.15, -0.1) is 24.8 Å². The van der Waals surface area contributed by atoms with Crippen LogP contribution in [0, 0.1) is 0 Å². The normalized spacial score (nSPS) is 18.0. The summed E-state index contributed by atoms with van der Waals surface area (Å²) in [6, 6.07) is 0.0211. The first-order valence-electron chi connectivity index (χ1n) is 5.33. The smallest absolute Gasteiger partial charge is 0.237 e. The molecule has 2 rings (SSSR count). The van der Waals surface area contributed by atoms with E-state index in [1.54, 1.807) is 12.5 Å². The topological polar surface area (TPSA) is 59.0 Å². The second kappa shape index (κ2) is 8.33.